The van der Waals surface area contributed by atoms with E-state index in [1.165, 1.54) is 12.1 Å². The van der Waals surface area contributed by atoms with Crippen LogP contribution in [0.15, 0.2) is 17.2 Å². The number of hydrogen-bond acceptors (Lipinski definition) is 6. The molecule has 0 aromatic carbocycles. The number of aliphatic hydroxyl groups is 1. The molecule has 0 aliphatic carbocycles. The van der Waals surface area contributed by atoms with E-state index in [4.69, 9.17) is 26.6 Å². The number of carbonyl (C=O) groups is 1. The van der Waals surface area contributed by atoms with Gasteiger partial charge in [0, 0.05) is 0 Å². The van der Waals surface area contributed by atoms with Crippen molar-refractivity contribution in [1.29, 1.82) is 0 Å². The van der Waals surface area contributed by atoms with Gasteiger partial charge in [-0.2, -0.15) is 0 Å². The highest BCUT2D eigenvalue weighted by Gasteiger charge is 2.10. The monoisotopic (exact) mass is 273 g/mol. The van der Waals surface area contributed by atoms with Crippen molar-refractivity contribution in [3.05, 3.63) is 22.8 Å². The number of carboxylic acid groups (broad SMARTS) is 1. The van der Waals surface area contributed by atoms with E-state index in [1.54, 1.807) is 6.92 Å². The molecule has 1 aromatic rings. The Morgan fingerprint density at radius 3 is 2.83 bits per heavy atom. The fourth-order valence-electron chi connectivity index (χ4n) is 1.06. The van der Waals surface area contributed by atoms with E-state index in [0.29, 0.717) is 6.61 Å². The van der Waals surface area contributed by atoms with Gasteiger partial charge >= 0.3 is 5.97 Å². The number of pyridine rings is 1. The summed E-state index contributed by atoms with van der Waals surface area (Å²) < 4.78 is 4.99. The molecule has 1 heterocycles. The second kappa shape index (κ2) is 6.77. The molecule has 0 bridgehead atoms. The van der Waals surface area contributed by atoms with Gasteiger partial charge in [-0.15, -0.1) is 5.10 Å². The lowest BCUT2D eigenvalue weighted by Crippen LogP contribution is -2.12. The summed E-state index contributed by atoms with van der Waals surface area (Å²) in [7, 11) is 0. The normalized spacial score (nSPS) is 11.2. The zero-order valence-corrected chi connectivity index (χ0v) is 10.3. The molecule has 0 radical (unpaired) electrons. The molecule has 0 aliphatic heterocycles. The van der Waals surface area contributed by atoms with Crippen LogP contribution in [0, 0.1) is 0 Å². The molecule has 1 rings (SSSR count). The van der Waals surface area contributed by atoms with E-state index >= 15 is 0 Å². The van der Waals surface area contributed by atoms with E-state index in [1.807, 2.05) is 0 Å². The molecule has 0 spiro atoms. The van der Waals surface area contributed by atoms with Gasteiger partial charge in [0.1, 0.15) is 17.6 Å². The summed E-state index contributed by atoms with van der Waals surface area (Å²) in [6.45, 7) is 1.76. The minimum absolute atomic E-state index is 0.0951. The predicted octanol–water partition coefficient (Wildman–Crippen LogP) is 1.19. The number of hydrogen-bond donors (Lipinski definition) is 3. The molecular weight excluding hydrogens is 262 g/mol. The van der Waals surface area contributed by atoms with E-state index in [-0.39, 0.29) is 29.0 Å². The first kappa shape index (κ1) is 14.2. The molecule has 8 heteroatoms. The quantitative estimate of drug-likeness (QED) is 0.322. The molecule has 18 heavy (non-hydrogen) atoms. The third-order valence-electron chi connectivity index (χ3n) is 1.82. The second-order valence-electron chi connectivity index (χ2n) is 3.05. The molecule has 0 amide bonds. The van der Waals surface area contributed by atoms with Crippen molar-refractivity contribution in [2.24, 2.45) is 5.10 Å². The number of anilines is 1. The van der Waals surface area contributed by atoms with Gasteiger partial charge in [0.25, 0.3) is 0 Å². The van der Waals surface area contributed by atoms with Gasteiger partial charge < -0.3 is 14.9 Å². The van der Waals surface area contributed by atoms with Crippen molar-refractivity contribution in [3.63, 3.8) is 0 Å². The van der Waals surface area contributed by atoms with Crippen molar-refractivity contribution in [2.45, 2.75) is 6.92 Å². The molecule has 98 valence electrons. The first-order valence-corrected chi connectivity index (χ1v) is 5.42. The Hall–Kier alpha value is -1.86. The number of nitrogens with zero attached hydrogens (tertiary/aromatic N) is 2. The van der Waals surface area contributed by atoms with Crippen molar-refractivity contribution in [3.8, 4) is 0 Å². The number of carboxylic acids is 1. The smallest absolute Gasteiger partial charge is 0.338 e. The number of ether oxygens (including phenoxy) is 1. The summed E-state index contributed by atoms with van der Waals surface area (Å²) in [4.78, 5) is 14.5. The summed E-state index contributed by atoms with van der Waals surface area (Å²) in [5.74, 6) is -0.818. The van der Waals surface area contributed by atoms with Gasteiger partial charge in [0.15, 0.2) is 0 Å². The maximum Gasteiger partial charge on any atom is 0.338 e. The molecule has 0 saturated carbocycles. The highest BCUT2D eigenvalue weighted by Crippen LogP contribution is 2.16. The number of aromatic carboxylic acids is 1. The van der Waals surface area contributed by atoms with Crippen LogP contribution in [-0.2, 0) is 4.74 Å². The van der Waals surface area contributed by atoms with E-state index in [2.05, 4.69) is 15.5 Å². The summed E-state index contributed by atoms with van der Waals surface area (Å²) in [5.41, 5.74) is 2.40. The van der Waals surface area contributed by atoms with Crippen LogP contribution in [0.3, 0.4) is 0 Å². The minimum atomic E-state index is -1.16. The SMILES string of the molecule is CCO/C(CO)=N/Nc1ccc(C(=O)O)c(Cl)n1. The van der Waals surface area contributed by atoms with Gasteiger partial charge in [0.2, 0.25) is 5.90 Å². The Balaban J connectivity index is 2.80. The number of halogens is 1. The Morgan fingerprint density at radius 2 is 2.33 bits per heavy atom. The summed E-state index contributed by atoms with van der Waals surface area (Å²) in [6, 6.07) is 2.70. The summed E-state index contributed by atoms with van der Waals surface area (Å²) in [6.07, 6.45) is 0. The topological polar surface area (TPSA) is 104 Å². The maximum atomic E-state index is 10.7. The molecule has 0 atom stereocenters. The largest absolute Gasteiger partial charge is 0.478 e. The molecule has 3 N–H and O–H groups in total. The molecule has 0 unspecified atom stereocenters. The number of hydrazone groups is 1. The molecule has 1 aromatic heterocycles. The maximum absolute atomic E-state index is 10.7. The molecule has 0 aliphatic rings. The second-order valence-corrected chi connectivity index (χ2v) is 3.41. The number of aromatic nitrogens is 1. The predicted molar refractivity (Wildman–Crippen MR) is 66.0 cm³/mol. The lowest BCUT2D eigenvalue weighted by atomic mass is 10.3. The lowest BCUT2D eigenvalue weighted by molar-refractivity contribution is 0.0696. The van der Waals surface area contributed by atoms with Crippen LogP contribution in [0.5, 0.6) is 0 Å². The van der Waals surface area contributed by atoms with Crippen LogP contribution in [0.4, 0.5) is 5.82 Å². The van der Waals surface area contributed by atoms with E-state index in [0.717, 1.165) is 0 Å². The molecule has 0 saturated heterocycles. The summed E-state index contributed by atoms with van der Waals surface area (Å²) >= 11 is 5.67. The average molecular weight is 274 g/mol. The van der Waals surface area contributed by atoms with E-state index in [9.17, 15) is 4.79 Å². The summed E-state index contributed by atoms with van der Waals surface area (Å²) in [5, 5.41) is 21.2. The highest BCUT2D eigenvalue weighted by molar-refractivity contribution is 6.32. The van der Waals surface area contributed by atoms with Crippen LogP contribution in [0.1, 0.15) is 17.3 Å². The van der Waals surface area contributed by atoms with Crippen LogP contribution >= 0.6 is 11.6 Å². The molecule has 0 fully saturated rings. The van der Waals surface area contributed by atoms with Gasteiger partial charge in [-0.05, 0) is 19.1 Å². The van der Waals surface area contributed by atoms with Gasteiger partial charge in [0.05, 0.1) is 12.2 Å². The van der Waals surface area contributed by atoms with Crippen molar-refractivity contribution in [1.82, 2.24) is 4.98 Å². The Bertz CT molecular complexity index is 464. The zero-order chi connectivity index (χ0) is 13.5. The fourth-order valence-corrected chi connectivity index (χ4v) is 1.29. The number of aliphatic hydroxyl groups excluding tert-OH is 1. The van der Waals surface area contributed by atoms with E-state index < -0.39 is 5.97 Å². The van der Waals surface area contributed by atoms with Gasteiger partial charge in [-0.1, -0.05) is 11.6 Å². The molecular formula is C10H12ClN3O4. The minimum Gasteiger partial charge on any atom is -0.478 e. The van der Waals surface area contributed by atoms with Crippen LogP contribution in [-0.4, -0.2) is 40.3 Å². The van der Waals surface area contributed by atoms with Crippen LogP contribution < -0.4 is 5.43 Å². The lowest BCUT2D eigenvalue weighted by Gasteiger charge is -2.05. The van der Waals surface area contributed by atoms with Crippen molar-refractivity contribution in [2.75, 3.05) is 18.6 Å². The van der Waals surface area contributed by atoms with Gasteiger partial charge in [-0.3, -0.25) is 5.43 Å². The standard InChI is InChI=1S/C10H12ClN3O4/c1-2-18-8(5-15)14-13-7-4-3-6(10(16)17)9(11)12-7/h3-4,15H,2,5H2,1H3,(H,12,13)(H,16,17)/b14-8+. The number of rotatable bonds is 5. The zero-order valence-electron chi connectivity index (χ0n) is 9.55. The van der Waals surface area contributed by atoms with Gasteiger partial charge in [-0.25, -0.2) is 9.78 Å². The average Bonchev–Trinajstić information content (AvgIpc) is 2.34. The van der Waals surface area contributed by atoms with Crippen LogP contribution in [0.2, 0.25) is 5.15 Å². The van der Waals surface area contributed by atoms with Crippen molar-refractivity contribution < 1.29 is 19.7 Å². The van der Waals surface area contributed by atoms with Crippen molar-refractivity contribution >= 4 is 29.3 Å². The fraction of sp³-hybridized carbons (Fsp3) is 0.300. The third-order valence-corrected chi connectivity index (χ3v) is 2.11. The third kappa shape index (κ3) is 3.86. The number of nitrogens with one attached hydrogen (secondary N) is 1. The highest BCUT2D eigenvalue weighted by atomic mass is 35.5. The van der Waals surface area contributed by atoms with Crippen LogP contribution in [0.25, 0.3) is 0 Å². The Morgan fingerprint density at radius 1 is 1.61 bits per heavy atom. The first-order chi connectivity index (χ1) is 8.58. The first-order valence-electron chi connectivity index (χ1n) is 5.04. The Labute approximate surface area is 108 Å². The Kier molecular flexibility index (Phi) is 5.34. The molecule has 7 nitrogen and oxygen atoms in total.